The fraction of sp³-hybridized carbons (Fsp3) is 0.438. The summed E-state index contributed by atoms with van der Waals surface area (Å²) in [6, 6.07) is 3.52. The Hall–Kier alpha value is -2.46. The number of carbonyl (C=O) groups is 3. The molecule has 0 bridgehead atoms. The standard InChI is InChI=1S/C16H22N2O7S/c1-10-5-6-13(11(2)7-10)26(22,23)17-9-14(19)18-12(16(21)25-4)8-15(20)24-3/h5-7,12,17H,8-9H2,1-4H3,(H,18,19)/t12-/m1/s1. The topological polar surface area (TPSA) is 128 Å². The number of hydrogen-bond donors (Lipinski definition) is 2. The molecule has 0 spiro atoms. The van der Waals surface area contributed by atoms with Crippen LogP contribution in [0.5, 0.6) is 0 Å². The van der Waals surface area contributed by atoms with Crippen LogP contribution >= 0.6 is 0 Å². The molecule has 26 heavy (non-hydrogen) atoms. The van der Waals surface area contributed by atoms with Crippen molar-refractivity contribution in [3.05, 3.63) is 29.3 Å². The van der Waals surface area contributed by atoms with Gasteiger partial charge in [0.25, 0.3) is 0 Å². The first-order chi connectivity index (χ1) is 12.1. The summed E-state index contributed by atoms with van der Waals surface area (Å²) in [5, 5.41) is 2.24. The fourth-order valence-electron chi connectivity index (χ4n) is 2.17. The van der Waals surface area contributed by atoms with Crippen molar-refractivity contribution in [3.8, 4) is 0 Å². The maximum atomic E-state index is 12.3. The van der Waals surface area contributed by atoms with Gasteiger partial charge >= 0.3 is 11.9 Å². The van der Waals surface area contributed by atoms with E-state index >= 15 is 0 Å². The number of benzene rings is 1. The lowest BCUT2D eigenvalue weighted by molar-refractivity contribution is -0.150. The van der Waals surface area contributed by atoms with Gasteiger partial charge in [-0.15, -0.1) is 0 Å². The Morgan fingerprint density at radius 3 is 2.31 bits per heavy atom. The van der Waals surface area contributed by atoms with E-state index in [2.05, 4.69) is 19.5 Å². The molecule has 1 rings (SSSR count). The highest BCUT2D eigenvalue weighted by atomic mass is 32.2. The van der Waals surface area contributed by atoms with E-state index in [1.54, 1.807) is 19.1 Å². The molecule has 1 atom stereocenters. The first kappa shape index (κ1) is 21.6. The lowest BCUT2D eigenvalue weighted by Gasteiger charge is -2.16. The average Bonchev–Trinajstić information content (AvgIpc) is 2.58. The van der Waals surface area contributed by atoms with Crippen LogP contribution in [0.2, 0.25) is 0 Å². The number of esters is 2. The Bertz CT molecular complexity index is 790. The molecule has 144 valence electrons. The Balaban J connectivity index is 2.76. The molecular weight excluding hydrogens is 364 g/mol. The van der Waals surface area contributed by atoms with Gasteiger partial charge in [0.05, 0.1) is 32.1 Å². The monoisotopic (exact) mass is 386 g/mol. The number of hydrogen-bond acceptors (Lipinski definition) is 7. The maximum Gasteiger partial charge on any atom is 0.328 e. The molecule has 0 fully saturated rings. The van der Waals surface area contributed by atoms with Gasteiger partial charge in [0.15, 0.2) is 0 Å². The van der Waals surface area contributed by atoms with E-state index in [0.29, 0.717) is 5.56 Å². The van der Waals surface area contributed by atoms with Crippen molar-refractivity contribution in [1.29, 1.82) is 0 Å². The van der Waals surface area contributed by atoms with Crippen molar-refractivity contribution >= 4 is 27.9 Å². The first-order valence-corrected chi connectivity index (χ1v) is 9.10. The quantitative estimate of drug-likeness (QED) is 0.592. The summed E-state index contributed by atoms with van der Waals surface area (Å²) in [4.78, 5) is 34.9. The van der Waals surface area contributed by atoms with Crippen molar-refractivity contribution in [2.24, 2.45) is 0 Å². The van der Waals surface area contributed by atoms with Crippen molar-refractivity contribution in [2.45, 2.75) is 31.2 Å². The fourth-order valence-corrected chi connectivity index (χ4v) is 3.38. The second-order valence-electron chi connectivity index (χ2n) is 5.52. The minimum absolute atomic E-state index is 0.0509. The van der Waals surface area contributed by atoms with E-state index in [9.17, 15) is 22.8 Å². The molecule has 10 heteroatoms. The molecule has 0 saturated heterocycles. The zero-order chi connectivity index (χ0) is 19.9. The van der Waals surface area contributed by atoms with Gasteiger partial charge in [-0.3, -0.25) is 9.59 Å². The SMILES string of the molecule is COC(=O)C[C@@H](NC(=O)CNS(=O)(=O)c1ccc(C)cc1C)C(=O)OC. The van der Waals surface area contributed by atoms with Crippen molar-refractivity contribution in [3.63, 3.8) is 0 Å². The van der Waals surface area contributed by atoms with Crippen molar-refractivity contribution < 1.29 is 32.3 Å². The van der Waals surface area contributed by atoms with Gasteiger partial charge in [-0.2, -0.15) is 0 Å². The van der Waals surface area contributed by atoms with Crippen LogP contribution in [-0.4, -0.2) is 53.1 Å². The largest absolute Gasteiger partial charge is 0.469 e. The third-order valence-corrected chi connectivity index (χ3v) is 5.02. The zero-order valence-electron chi connectivity index (χ0n) is 15.0. The van der Waals surface area contributed by atoms with Gasteiger partial charge in [-0.05, 0) is 25.5 Å². The number of aryl methyl sites for hydroxylation is 2. The summed E-state index contributed by atoms with van der Waals surface area (Å²) in [7, 11) is -1.68. The number of methoxy groups -OCH3 is 2. The van der Waals surface area contributed by atoms with E-state index in [-0.39, 0.29) is 4.90 Å². The molecule has 0 saturated carbocycles. The number of nitrogens with one attached hydrogen (secondary N) is 2. The molecule has 1 amide bonds. The number of carbonyl (C=O) groups excluding carboxylic acids is 3. The molecule has 0 aliphatic carbocycles. The second-order valence-corrected chi connectivity index (χ2v) is 7.25. The van der Waals surface area contributed by atoms with E-state index in [1.165, 1.54) is 6.07 Å². The van der Waals surface area contributed by atoms with Gasteiger partial charge in [-0.1, -0.05) is 17.7 Å². The molecule has 0 heterocycles. The summed E-state index contributed by atoms with van der Waals surface area (Å²) in [5.74, 6) is -2.37. The first-order valence-electron chi connectivity index (χ1n) is 7.61. The minimum atomic E-state index is -3.91. The maximum absolute atomic E-state index is 12.3. The molecule has 0 aliphatic heterocycles. The van der Waals surface area contributed by atoms with Crippen molar-refractivity contribution in [1.82, 2.24) is 10.0 Å². The molecule has 2 N–H and O–H groups in total. The molecule has 0 aromatic heterocycles. The summed E-state index contributed by atoms with van der Waals surface area (Å²) in [6.45, 7) is 2.87. The molecule has 0 unspecified atom stereocenters. The molecule has 0 radical (unpaired) electrons. The highest BCUT2D eigenvalue weighted by Gasteiger charge is 2.26. The van der Waals surface area contributed by atoms with Crippen LogP contribution in [0.3, 0.4) is 0 Å². The average molecular weight is 386 g/mol. The number of sulfonamides is 1. The van der Waals surface area contributed by atoms with Crippen LogP contribution in [0.25, 0.3) is 0 Å². The Kier molecular flexibility index (Phi) is 7.72. The number of amides is 1. The summed E-state index contributed by atoms with van der Waals surface area (Å²) < 4.78 is 35.7. The summed E-state index contributed by atoms with van der Waals surface area (Å²) in [5.41, 5.74) is 1.44. The molecule has 0 aliphatic rings. The van der Waals surface area contributed by atoms with Gasteiger partial charge in [-0.25, -0.2) is 17.9 Å². The zero-order valence-corrected chi connectivity index (χ0v) is 15.8. The van der Waals surface area contributed by atoms with Gasteiger partial charge in [0.1, 0.15) is 6.04 Å². The third-order valence-electron chi connectivity index (χ3n) is 3.46. The molecule has 1 aromatic rings. The third kappa shape index (κ3) is 6.12. The molecule has 9 nitrogen and oxygen atoms in total. The molecule has 1 aromatic carbocycles. The predicted molar refractivity (Wildman–Crippen MR) is 91.7 cm³/mol. The van der Waals surface area contributed by atoms with Gasteiger partial charge in [0, 0.05) is 0 Å². The summed E-state index contributed by atoms with van der Waals surface area (Å²) in [6.07, 6.45) is -0.432. The molecular formula is C16H22N2O7S. The van der Waals surface area contributed by atoms with E-state index in [1.807, 2.05) is 6.92 Å². The predicted octanol–water partition coefficient (Wildman–Crippen LogP) is -0.197. The lowest BCUT2D eigenvalue weighted by atomic mass is 10.2. The van der Waals surface area contributed by atoms with Gasteiger partial charge in [0.2, 0.25) is 15.9 Å². The van der Waals surface area contributed by atoms with E-state index in [4.69, 9.17) is 0 Å². The number of ether oxygens (including phenoxy) is 2. The Morgan fingerprint density at radius 1 is 1.12 bits per heavy atom. The minimum Gasteiger partial charge on any atom is -0.469 e. The van der Waals surface area contributed by atoms with E-state index < -0.39 is 46.9 Å². The van der Waals surface area contributed by atoms with Crippen LogP contribution in [0.15, 0.2) is 23.1 Å². The lowest BCUT2D eigenvalue weighted by Crippen LogP contribution is -2.47. The Labute approximate surface area is 152 Å². The summed E-state index contributed by atoms with van der Waals surface area (Å²) >= 11 is 0. The number of rotatable bonds is 8. The van der Waals surface area contributed by atoms with Gasteiger partial charge < -0.3 is 14.8 Å². The second kappa shape index (κ2) is 9.30. The highest BCUT2D eigenvalue weighted by molar-refractivity contribution is 7.89. The van der Waals surface area contributed by atoms with Crippen LogP contribution in [-0.2, 0) is 33.9 Å². The van der Waals surface area contributed by atoms with E-state index in [0.717, 1.165) is 19.8 Å². The normalized spacial score (nSPS) is 12.2. The van der Waals surface area contributed by atoms with Crippen LogP contribution in [0.1, 0.15) is 17.5 Å². The van der Waals surface area contributed by atoms with Crippen molar-refractivity contribution in [2.75, 3.05) is 20.8 Å². The highest BCUT2D eigenvalue weighted by Crippen LogP contribution is 2.15. The smallest absolute Gasteiger partial charge is 0.328 e. The Morgan fingerprint density at radius 2 is 1.77 bits per heavy atom. The van der Waals surface area contributed by atoms with Crippen LogP contribution in [0.4, 0.5) is 0 Å². The van der Waals surface area contributed by atoms with Crippen LogP contribution in [0, 0.1) is 13.8 Å². The van der Waals surface area contributed by atoms with Crippen LogP contribution < -0.4 is 10.0 Å².